The van der Waals surface area contributed by atoms with Crippen LogP contribution in [0, 0.1) is 5.92 Å². The van der Waals surface area contributed by atoms with Crippen molar-refractivity contribution in [2.75, 3.05) is 19.6 Å². The molecule has 2 saturated heterocycles. The van der Waals surface area contributed by atoms with Crippen molar-refractivity contribution in [3.05, 3.63) is 11.8 Å². The van der Waals surface area contributed by atoms with Gasteiger partial charge in [-0.1, -0.05) is 6.08 Å². The van der Waals surface area contributed by atoms with E-state index in [1.807, 2.05) is 30.7 Å². The summed E-state index contributed by atoms with van der Waals surface area (Å²) in [6, 6.07) is 0. The normalized spacial score (nSPS) is 22.5. The van der Waals surface area contributed by atoms with Crippen LogP contribution in [0.5, 0.6) is 0 Å². The van der Waals surface area contributed by atoms with Crippen molar-refractivity contribution in [3.63, 3.8) is 0 Å². The van der Waals surface area contributed by atoms with Crippen molar-refractivity contribution in [2.45, 2.75) is 64.9 Å². The van der Waals surface area contributed by atoms with Gasteiger partial charge < -0.3 is 9.64 Å². The van der Waals surface area contributed by atoms with E-state index in [0.29, 0.717) is 5.92 Å². The molecule has 0 aromatic heterocycles. The molecule has 2 heterocycles. The van der Waals surface area contributed by atoms with E-state index in [1.165, 1.54) is 12.1 Å². The molecule has 0 radical (unpaired) electrons. The maximum absolute atomic E-state index is 12.1. The molecular weight excluding hydrogens is 294 g/mol. The van der Waals surface area contributed by atoms with Crippen molar-refractivity contribution in [1.29, 1.82) is 0 Å². The molecule has 0 spiro atoms. The number of hydrogen-bond acceptors (Lipinski definition) is 5. The summed E-state index contributed by atoms with van der Waals surface area (Å²) in [5.74, 6) is 0.601. The Kier molecular flexibility index (Phi) is 6.30. The Morgan fingerprint density at radius 2 is 2.00 bits per heavy atom. The summed E-state index contributed by atoms with van der Waals surface area (Å²) in [6.07, 6.45) is 8.39. The summed E-state index contributed by atoms with van der Waals surface area (Å²) in [5.41, 5.74) is 3.04. The Morgan fingerprint density at radius 1 is 1.30 bits per heavy atom. The maximum Gasteiger partial charge on any atom is 0.410 e. The van der Waals surface area contributed by atoms with E-state index >= 15 is 0 Å². The Morgan fingerprint density at radius 3 is 2.61 bits per heavy atom. The van der Waals surface area contributed by atoms with Crippen LogP contribution in [0.1, 0.15) is 59.3 Å². The van der Waals surface area contributed by atoms with Gasteiger partial charge in [0.25, 0.3) is 0 Å². The summed E-state index contributed by atoms with van der Waals surface area (Å²) >= 11 is 0. The molecule has 2 fully saturated rings. The number of hydrogen-bond donors (Lipinski definition) is 2. The number of amides is 1. The average Bonchev–Trinajstić information content (AvgIpc) is 2.52. The van der Waals surface area contributed by atoms with Gasteiger partial charge in [-0.25, -0.2) is 4.79 Å². The summed E-state index contributed by atoms with van der Waals surface area (Å²) in [7, 11) is 0. The van der Waals surface area contributed by atoms with Gasteiger partial charge in [0.15, 0.2) is 0 Å². The molecule has 0 saturated carbocycles. The highest BCUT2D eigenvalue weighted by atomic mass is 16.6. The number of hydrazine groups is 1. The first-order valence-corrected chi connectivity index (χ1v) is 8.73. The smallest absolute Gasteiger partial charge is 0.410 e. The standard InChI is InChI=1S/C17H31N3O3/c1-17(2,3)23-16(21)19-12-9-14(10-13-19)7-8-15-6-4-5-11-20(15)18-22/h8,14,18,22H,4-7,9-13H2,1-3H3/b15-8-. The van der Waals surface area contributed by atoms with Gasteiger partial charge >= 0.3 is 6.09 Å². The fourth-order valence-corrected chi connectivity index (χ4v) is 3.16. The number of allylic oxidation sites excluding steroid dienone is 2. The predicted octanol–water partition coefficient (Wildman–Crippen LogP) is 3.29. The molecule has 2 rings (SSSR count). The van der Waals surface area contributed by atoms with Crippen molar-refractivity contribution < 1.29 is 14.7 Å². The minimum Gasteiger partial charge on any atom is -0.444 e. The minimum atomic E-state index is -0.430. The van der Waals surface area contributed by atoms with Crippen LogP contribution in [0.3, 0.4) is 0 Å². The molecule has 1 amide bonds. The molecular formula is C17H31N3O3. The number of carbonyl (C=O) groups excluding carboxylic acids is 1. The molecule has 0 unspecified atom stereocenters. The second-order valence-corrected chi connectivity index (χ2v) is 7.55. The molecule has 6 heteroatoms. The van der Waals surface area contributed by atoms with Gasteiger partial charge in [-0.15, -0.1) is 5.59 Å². The van der Waals surface area contributed by atoms with E-state index in [4.69, 9.17) is 9.94 Å². The molecule has 0 bridgehead atoms. The molecule has 0 aromatic carbocycles. The molecule has 23 heavy (non-hydrogen) atoms. The lowest BCUT2D eigenvalue weighted by molar-refractivity contribution is -0.00589. The van der Waals surface area contributed by atoms with Crippen LogP contribution in [0.4, 0.5) is 4.79 Å². The molecule has 2 aliphatic heterocycles. The topological polar surface area (TPSA) is 65.0 Å². The summed E-state index contributed by atoms with van der Waals surface area (Å²) < 4.78 is 5.43. The monoisotopic (exact) mass is 325 g/mol. The highest BCUT2D eigenvalue weighted by Crippen LogP contribution is 2.25. The number of piperidine rings is 2. The van der Waals surface area contributed by atoms with E-state index < -0.39 is 5.60 Å². The zero-order valence-electron chi connectivity index (χ0n) is 14.7. The van der Waals surface area contributed by atoms with Gasteiger partial charge in [0.1, 0.15) is 5.60 Å². The summed E-state index contributed by atoms with van der Waals surface area (Å²) in [5, 5.41) is 11.0. The molecule has 2 N–H and O–H groups in total. The van der Waals surface area contributed by atoms with Gasteiger partial charge in [0.05, 0.1) is 0 Å². The quantitative estimate of drug-likeness (QED) is 0.780. The molecule has 6 nitrogen and oxygen atoms in total. The predicted molar refractivity (Wildman–Crippen MR) is 88.7 cm³/mol. The lowest BCUT2D eigenvalue weighted by Crippen LogP contribution is -2.41. The van der Waals surface area contributed by atoms with Crippen molar-refractivity contribution in [3.8, 4) is 0 Å². The highest BCUT2D eigenvalue weighted by Gasteiger charge is 2.26. The fraction of sp³-hybridized carbons (Fsp3) is 0.824. The maximum atomic E-state index is 12.1. The first kappa shape index (κ1) is 18.1. The van der Waals surface area contributed by atoms with Gasteiger partial charge in [-0.3, -0.25) is 10.2 Å². The van der Waals surface area contributed by atoms with E-state index in [9.17, 15) is 4.79 Å². The molecule has 2 aliphatic rings. The van der Waals surface area contributed by atoms with Crippen molar-refractivity contribution in [1.82, 2.24) is 15.5 Å². The van der Waals surface area contributed by atoms with E-state index in [2.05, 4.69) is 11.7 Å². The molecule has 132 valence electrons. The number of nitrogens with one attached hydrogen (secondary N) is 1. The van der Waals surface area contributed by atoms with Crippen LogP contribution in [-0.4, -0.2) is 46.4 Å². The Labute approximate surface area is 139 Å². The van der Waals surface area contributed by atoms with E-state index in [1.54, 1.807) is 0 Å². The molecule has 0 atom stereocenters. The van der Waals surface area contributed by atoms with E-state index in [-0.39, 0.29) is 6.09 Å². The van der Waals surface area contributed by atoms with Crippen LogP contribution in [-0.2, 0) is 4.74 Å². The summed E-state index contributed by atoms with van der Waals surface area (Å²) in [4.78, 5) is 13.9. The molecule has 0 aromatic rings. The SMILES string of the molecule is CC(C)(C)OC(=O)N1CCC(C/C=C2/CCCCN2NO)CC1. The third-order valence-electron chi connectivity index (χ3n) is 4.49. The van der Waals surface area contributed by atoms with Crippen molar-refractivity contribution >= 4 is 6.09 Å². The number of carbonyl (C=O) groups is 1. The van der Waals surface area contributed by atoms with Crippen LogP contribution in [0.15, 0.2) is 11.8 Å². The Balaban J connectivity index is 1.77. The van der Waals surface area contributed by atoms with E-state index in [0.717, 1.165) is 51.7 Å². The van der Waals surface area contributed by atoms with Gasteiger partial charge in [-0.05, 0) is 65.2 Å². The van der Waals surface area contributed by atoms with Gasteiger partial charge in [0, 0.05) is 25.3 Å². The Bertz CT molecular complexity index is 423. The lowest BCUT2D eigenvalue weighted by Gasteiger charge is -2.34. The highest BCUT2D eigenvalue weighted by molar-refractivity contribution is 5.68. The second-order valence-electron chi connectivity index (χ2n) is 7.55. The second kappa shape index (κ2) is 8.02. The van der Waals surface area contributed by atoms with Crippen LogP contribution < -0.4 is 5.59 Å². The van der Waals surface area contributed by atoms with Gasteiger partial charge in [-0.2, -0.15) is 0 Å². The zero-order valence-corrected chi connectivity index (χ0v) is 14.7. The lowest BCUT2D eigenvalue weighted by atomic mass is 9.92. The van der Waals surface area contributed by atoms with Crippen LogP contribution >= 0.6 is 0 Å². The Hall–Kier alpha value is -1.27. The first-order valence-electron chi connectivity index (χ1n) is 8.73. The fourth-order valence-electron chi connectivity index (χ4n) is 3.16. The number of ether oxygens (including phenoxy) is 1. The third kappa shape index (κ3) is 5.70. The molecule has 0 aliphatic carbocycles. The average molecular weight is 325 g/mol. The van der Waals surface area contributed by atoms with Crippen molar-refractivity contribution in [2.24, 2.45) is 5.92 Å². The minimum absolute atomic E-state index is 0.197. The first-order chi connectivity index (χ1) is 10.9. The third-order valence-corrected chi connectivity index (χ3v) is 4.49. The number of rotatable bonds is 3. The van der Waals surface area contributed by atoms with Crippen LogP contribution in [0.25, 0.3) is 0 Å². The zero-order chi connectivity index (χ0) is 16.9. The van der Waals surface area contributed by atoms with Gasteiger partial charge in [0.2, 0.25) is 0 Å². The number of nitrogens with zero attached hydrogens (tertiary/aromatic N) is 2. The largest absolute Gasteiger partial charge is 0.444 e. The number of likely N-dealkylation sites (tertiary alicyclic amines) is 1. The summed E-state index contributed by atoms with van der Waals surface area (Å²) in [6.45, 7) is 8.09. The van der Waals surface area contributed by atoms with Crippen LogP contribution in [0.2, 0.25) is 0 Å².